The van der Waals surface area contributed by atoms with Gasteiger partial charge in [-0.25, -0.2) is 4.79 Å². The highest BCUT2D eigenvalue weighted by Crippen LogP contribution is 2.43. The number of nitrogens with zero attached hydrogens (tertiary/aromatic N) is 2. The standard InChI is InChI=1S/C22H21N3O5/c26-18-7-6-17(20(27)23-18)25-16-5-4-13(12-8-10-24(11-9-12)22(29)30)14-2-1-3-15(19(14)16)21(25)28/h1-5,12,17H,6-11H2,(H,29,30)(H,23,26,27). The van der Waals surface area contributed by atoms with E-state index in [-0.39, 0.29) is 24.2 Å². The van der Waals surface area contributed by atoms with Gasteiger partial charge in [-0.15, -0.1) is 0 Å². The maximum Gasteiger partial charge on any atom is 0.407 e. The summed E-state index contributed by atoms with van der Waals surface area (Å²) in [4.78, 5) is 51.3. The lowest BCUT2D eigenvalue weighted by molar-refractivity contribution is -0.134. The number of amides is 4. The van der Waals surface area contributed by atoms with Gasteiger partial charge in [0.2, 0.25) is 11.8 Å². The van der Waals surface area contributed by atoms with Crippen LogP contribution in [-0.4, -0.2) is 53.0 Å². The van der Waals surface area contributed by atoms with Gasteiger partial charge in [-0.1, -0.05) is 18.2 Å². The SMILES string of the molecule is O=C1CCC(N2C(=O)c3cccc4c(C5CCN(C(=O)O)CC5)ccc2c34)C(=O)N1. The van der Waals surface area contributed by atoms with E-state index >= 15 is 0 Å². The van der Waals surface area contributed by atoms with E-state index in [0.717, 1.165) is 29.2 Å². The fourth-order valence-electron chi connectivity index (χ4n) is 5.00. The summed E-state index contributed by atoms with van der Waals surface area (Å²) in [5.74, 6) is -0.758. The summed E-state index contributed by atoms with van der Waals surface area (Å²) >= 11 is 0. The van der Waals surface area contributed by atoms with Crippen molar-refractivity contribution in [2.75, 3.05) is 18.0 Å². The average molecular weight is 407 g/mol. The average Bonchev–Trinajstić information content (AvgIpc) is 3.02. The first-order chi connectivity index (χ1) is 14.5. The molecule has 8 nitrogen and oxygen atoms in total. The van der Waals surface area contributed by atoms with Gasteiger partial charge in [-0.3, -0.25) is 24.6 Å². The van der Waals surface area contributed by atoms with Crippen LogP contribution in [0.4, 0.5) is 10.5 Å². The number of rotatable bonds is 2. The topological polar surface area (TPSA) is 107 Å². The Hall–Kier alpha value is -3.42. The van der Waals surface area contributed by atoms with Gasteiger partial charge in [0, 0.05) is 30.5 Å². The lowest BCUT2D eigenvalue weighted by Crippen LogP contribution is -2.53. The molecule has 0 bridgehead atoms. The molecule has 2 aromatic carbocycles. The van der Waals surface area contributed by atoms with Crippen LogP contribution < -0.4 is 10.2 Å². The molecule has 3 aliphatic heterocycles. The largest absolute Gasteiger partial charge is 0.465 e. The van der Waals surface area contributed by atoms with E-state index in [0.29, 0.717) is 30.8 Å². The Morgan fingerprint density at radius 2 is 1.80 bits per heavy atom. The molecule has 0 radical (unpaired) electrons. The van der Waals surface area contributed by atoms with Gasteiger partial charge in [0.15, 0.2) is 0 Å². The maximum atomic E-state index is 13.2. The molecule has 0 spiro atoms. The van der Waals surface area contributed by atoms with Crippen LogP contribution in [-0.2, 0) is 9.59 Å². The molecule has 2 saturated heterocycles. The van der Waals surface area contributed by atoms with Crippen LogP contribution in [0.1, 0.15) is 47.5 Å². The molecule has 1 unspecified atom stereocenters. The van der Waals surface area contributed by atoms with Crippen LogP contribution in [0.2, 0.25) is 0 Å². The number of nitrogens with one attached hydrogen (secondary N) is 1. The molecule has 0 saturated carbocycles. The first-order valence-electron chi connectivity index (χ1n) is 10.2. The van der Waals surface area contributed by atoms with Crippen LogP contribution in [0.5, 0.6) is 0 Å². The normalized spacial score (nSPS) is 22.0. The fourth-order valence-corrected chi connectivity index (χ4v) is 5.00. The Morgan fingerprint density at radius 1 is 1.03 bits per heavy atom. The molecule has 1 atom stereocenters. The van der Waals surface area contributed by atoms with Crippen molar-refractivity contribution in [1.29, 1.82) is 0 Å². The number of piperidine rings is 2. The van der Waals surface area contributed by atoms with Crippen molar-refractivity contribution in [3.63, 3.8) is 0 Å². The minimum absolute atomic E-state index is 0.208. The molecule has 2 N–H and O–H groups in total. The van der Waals surface area contributed by atoms with Crippen molar-refractivity contribution in [1.82, 2.24) is 10.2 Å². The Morgan fingerprint density at radius 3 is 2.50 bits per heavy atom. The Kier molecular flexibility index (Phi) is 4.23. The lowest BCUT2D eigenvalue weighted by Gasteiger charge is -2.32. The van der Waals surface area contributed by atoms with E-state index < -0.39 is 18.0 Å². The monoisotopic (exact) mass is 407 g/mol. The summed E-state index contributed by atoms with van der Waals surface area (Å²) in [5.41, 5.74) is 2.38. The summed E-state index contributed by atoms with van der Waals surface area (Å²) in [6, 6.07) is 8.80. The number of anilines is 1. The molecule has 0 aromatic heterocycles. The van der Waals surface area contributed by atoms with E-state index in [1.165, 1.54) is 9.80 Å². The summed E-state index contributed by atoms with van der Waals surface area (Å²) < 4.78 is 0. The van der Waals surface area contributed by atoms with Crippen LogP contribution in [0.15, 0.2) is 30.3 Å². The molecule has 3 aliphatic rings. The first kappa shape index (κ1) is 18.6. The Bertz CT molecular complexity index is 1100. The molecule has 4 amide bonds. The third kappa shape index (κ3) is 2.74. The fraction of sp³-hybridized carbons (Fsp3) is 0.364. The first-order valence-corrected chi connectivity index (χ1v) is 10.2. The summed E-state index contributed by atoms with van der Waals surface area (Å²) in [5, 5.41) is 13.3. The third-order valence-electron chi connectivity index (χ3n) is 6.49. The zero-order chi connectivity index (χ0) is 21.0. The highest BCUT2D eigenvalue weighted by atomic mass is 16.4. The zero-order valence-corrected chi connectivity index (χ0v) is 16.3. The summed E-state index contributed by atoms with van der Waals surface area (Å²) in [7, 11) is 0. The highest BCUT2D eigenvalue weighted by Gasteiger charge is 2.41. The minimum atomic E-state index is -0.890. The van der Waals surface area contributed by atoms with Crippen LogP contribution in [0.3, 0.4) is 0 Å². The van der Waals surface area contributed by atoms with Crippen LogP contribution >= 0.6 is 0 Å². The minimum Gasteiger partial charge on any atom is -0.465 e. The number of hydrogen-bond donors (Lipinski definition) is 2. The molecule has 0 aliphatic carbocycles. The Balaban J connectivity index is 1.53. The van der Waals surface area contributed by atoms with Gasteiger partial charge < -0.3 is 10.0 Å². The molecule has 2 fully saturated rings. The van der Waals surface area contributed by atoms with Crippen molar-refractivity contribution >= 4 is 40.3 Å². The third-order valence-corrected chi connectivity index (χ3v) is 6.49. The highest BCUT2D eigenvalue weighted by molar-refractivity contribution is 6.27. The second-order valence-electron chi connectivity index (χ2n) is 8.09. The van der Waals surface area contributed by atoms with Crippen LogP contribution in [0, 0.1) is 0 Å². The number of likely N-dealkylation sites (tertiary alicyclic amines) is 1. The maximum absolute atomic E-state index is 13.2. The summed E-state index contributed by atoms with van der Waals surface area (Å²) in [6.07, 6.45) is 1.09. The molecule has 2 aromatic rings. The zero-order valence-electron chi connectivity index (χ0n) is 16.3. The Labute approximate surface area is 172 Å². The molecular formula is C22H21N3O5. The molecule has 5 rings (SSSR count). The number of carbonyl (C=O) groups is 4. The van der Waals surface area contributed by atoms with Crippen molar-refractivity contribution in [2.45, 2.75) is 37.6 Å². The second kappa shape index (κ2) is 6.83. The van der Waals surface area contributed by atoms with Crippen molar-refractivity contribution in [3.8, 4) is 0 Å². The van der Waals surface area contributed by atoms with Gasteiger partial charge >= 0.3 is 6.09 Å². The van der Waals surface area contributed by atoms with E-state index in [2.05, 4.69) is 5.32 Å². The van der Waals surface area contributed by atoms with Gasteiger partial charge in [0.05, 0.1) is 5.69 Å². The van der Waals surface area contributed by atoms with Crippen molar-refractivity contribution in [3.05, 3.63) is 41.5 Å². The number of carbonyl (C=O) groups excluding carboxylic acids is 3. The molecule has 154 valence electrons. The summed E-state index contributed by atoms with van der Waals surface area (Å²) in [6.45, 7) is 0.981. The van der Waals surface area contributed by atoms with Crippen LogP contribution in [0.25, 0.3) is 10.8 Å². The lowest BCUT2D eigenvalue weighted by atomic mass is 9.85. The van der Waals surface area contributed by atoms with Gasteiger partial charge in [-0.2, -0.15) is 0 Å². The predicted octanol–water partition coefficient (Wildman–Crippen LogP) is 2.46. The van der Waals surface area contributed by atoms with E-state index in [9.17, 15) is 24.3 Å². The predicted molar refractivity (Wildman–Crippen MR) is 109 cm³/mol. The number of carboxylic acid groups (broad SMARTS) is 1. The van der Waals surface area contributed by atoms with E-state index in [1.54, 1.807) is 6.07 Å². The molecule has 30 heavy (non-hydrogen) atoms. The van der Waals surface area contributed by atoms with Crippen molar-refractivity contribution < 1.29 is 24.3 Å². The number of imide groups is 1. The molecular weight excluding hydrogens is 386 g/mol. The van der Waals surface area contributed by atoms with E-state index in [4.69, 9.17) is 0 Å². The number of hydrogen-bond acceptors (Lipinski definition) is 4. The van der Waals surface area contributed by atoms with E-state index in [1.807, 2.05) is 24.3 Å². The van der Waals surface area contributed by atoms with Crippen molar-refractivity contribution in [2.24, 2.45) is 0 Å². The van der Waals surface area contributed by atoms with Gasteiger partial charge in [0.25, 0.3) is 5.91 Å². The van der Waals surface area contributed by atoms with Gasteiger partial charge in [0.1, 0.15) is 6.04 Å². The molecule has 3 heterocycles. The smallest absolute Gasteiger partial charge is 0.407 e. The second-order valence-corrected chi connectivity index (χ2v) is 8.09. The number of benzene rings is 2. The molecule has 8 heteroatoms. The van der Waals surface area contributed by atoms with Gasteiger partial charge in [-0.05, 0) is 48.3 Å². The quantitative estimate of drug-likeness (QED) is 0.744.